The van der Waals surface area contributed by atoms with Crippen molar-refractivity contribution in [1.82, 2.24) is 14.1 Å². The molecule has 162 valence electrons. The summed E-state index contributed by atoms with van der Waals surface area (Å²) in [7, 11) is -2.13. The smallest absolute Gasteiger partial charge is 0.246 e. The molecule has 0 N–H and O–H groups in total. The Morgan fingerprint density at radius 1 is 1.07 bits per heavy atom. The van der Waals surface area contributed by atoms with E-state index in [9.17, 15) is 17.6 Å². The van der Waals surface area contributed by atoms with Gasteiger partial charge in [0, 0.05) is 32.7 Å². The minimum absolute atomic E-state index is 0.112. The molecular formula is C20H22Cl2FN3O3S. The molecule has 0 saturated carbocycles. The van der Waals surface area contributed by atoms with Gasteiger partial charge in [-0.3, -0.25) is 9.69 Å². The maximum absolute atomic E-state index is 13.9. The van der Waals surface area contributed by atoms with Crippen molar-refractivity contribution in [1.29, 1.82) is 0 Å². The number of carbonyl (C=O) groups excluding carboxylic acids is 1. The molecule has 3 rings (SSSR count). The van der Waals surface area contributed by atoms with Crippen molar-refractivity contribution in [2.45, 2.75) is 11.4 Å². The fourth-order valence-electron chi connectivity index (χ4n) is 3.32. The second kappa shape index (κ2) is 9.62. The number of nitrogens with zero attached hydrogens (tertiary/aromatic N) is 3. The lowest BCUT2D eigenvalue weighted by Gasteiger charge is -2.34. The molecule has 1 amide bonds. The molecule has 6 nitrogen and oxygen atoms in total. The van der Waals surface area contributed by atoms with Gasteiger partial charge < -0.3 is 4.90 Å². The largest absolute Gasteiger partial charge is 0.339 e. The molecule has 30 heavy (non-hydrogen) atoms. The third-order valence-corrected chi connectivity index (χ3v) is 7.71. The Morgan fingerprint density at radius 2 is 1.73 bits per heavy atom. The quantitative estimate of drug-likeness (QED) is 0.646. The Kier molecular flexibility index (Phi) is 7.36. The number of halogens is 3. The van der Waals surface area contributed by atoms with E-state index in [1.54, 1.807) is 24.1 Å². The molecule has 0 aliphatic carbocycles. The van der Waals surface area contributed by atoms with Crippen molar-refractivity contribution < 1.29 is 17.6 Å². The molecule has 0 spiro atoms. The van der Waals surface area contributed by atoms with E-state index < -0.39 is 15.8 Å². The lowest BCUT2D eigenvalue weighted by Crippen LogP contribution is -2.52. The van der Waals surface area contributed by atoms with Gasteiger partial charge in [-0.25, -0.2) is 12.8 Å². The maximum Gasteiger partial charge on any atom is 0.246 e. The Labute approximate surface area is 185 Å². The summed E-state index contributed by atoms with van der Waals surface area (Å²) in [6.07, 6.45) is 0. The van der Waals surface area contributed by atoms with E-state index in [4.69, 9.17) is 23.2 Å². The summed E-state index contributed by atoms with van der Waals surface area (Å²) in [6.45, 7) is 1.34. The van der Waals surface area contributed by atoms with E-state index in [1.165, 1.54) is 22.5 Å². The highest BCUT2D eigenvalue weighted by Crippen LogP contribution is 2.26. The molecule has 0 aromatic heterocycles. The summed E-state index contributed by atoms with van der Waals surface area (Å²) >= 11 is 12.2. The normalized spacial score (nSPS) is 15.6. The van der Waals surface area contributed by atoms with Crippen molar-refractivity contribution in [2.75, 3.05) is 39.8 Å². The van der Waals surface area contributed by atoms with Crippen molar-refractivity contribution in [3.63, 3.8) is 0 Å². The average molecular weight is 474 g/mol. The van der Waals surface area contributed by atoms with Gasteiger partial charge in [-0.2, -0.15) is 4.31 Å². The SMILES string of the molecule is CN(CC(=O)N1CCN(S(=O)(=O)c2ccccc2F)CC1)Cc1cccc(Cl)c1Cl. The van der Waals surface area contributed by atoms with E-state index in [-0.39, 0.29) is 43.5 Å². The molecule has 2 aromatic carbocycles. The minimum atomic E-state index is -3.93. The Balaban J connectivity index is 1.56. The van der Waals surface area contributed by atoms with Crippen LogP contribution in [0.1, 0.15) is 5.56 Å². The molecule has 0 radical (unpaired) electrons. The number of amides is 1. The first-order valence-electron chi connectivity index (χ1n) is 9.34. The van der Waals surface area contributed by atoms with E-state index in [0.717, 1.165) is 11.6 Å². The number of piperazine rings is 1. The monoisotopic (exact) mass is 473 g/mol. The first-order valence-corrected chi connectivity index (χ1v) is 11.5. The van der Waals surface area contributed by atoms with Crippen molar-refractivity contribution >= 4 is 39.1 Å². The van der Waals surface area contributed by atoms with Crippen LogP contribution in [0.5, 0.6) is 0 Å². The van der Waals surface area contributed by atoms with Crippen LogP contribution in [0.2, 0.25) is 10.0 Å². The van der Waals surface area contributed by atoms with Crippen LogP contribution in [0.15, 0.2) is 47.4 Å². The van der Waals surface area contributed by atoms with Crippen LogP contribution in [0.25, 0.3) is 0 Å². The first-order chi connectivity index (χ1) is 14.2. The number of carbonyl (C=O) groups is 1. The summed E-state index contributed by atoms with van der Waals surface area (Å²) in [5.74, 6) is -0.893. The van der Waals surface area contributed by atoms with E-state index in [0.29, 0.717) is 16.6 Å². The van der Waals surface area contributed by atoms with Gasteiger partial charge in [0.05, 0.1) is 16.6 Å². The topological polar surface area (TPSA) is 60.9 Å². The van der Waals surface area contributed by atoms with Gasteiger partial charge in [-0.15, -0.1) is 0 Å². The average Bonchev–Trinajstić information content (AvgIpc) is 2.71. The molecule has 1 aliphatic heterocycles. The van der Waals surface area contributed by atoms with E-state index in [2.05, 4.69) is 0 Å². The number of hydrogen-bond acceptors (Lipinski definition) is 4. The Morgan fingerprint density at radius 3 is 2.40 bits per heavy atom. The zero-order valence-electron chi connectivity index (χ0n) is 16.4. The highest BCUT2D eigenvalue weighted by Gasteiger charge is 2.31. The Bertz CT molecular complexity index is 1030. The van der Waals surface area contributed by atoms with Crippen LogP contribution in [-0.4, -0.2) is 68.2 Å². The number of likely N-dealkylation sites (N-methyl/N-ethyl adjacent to an activating group) is 1. The van der Waals surface area contributed by atoms with Gasteiger partial charge in [0.15, 0.2) is 0 Å². The lowest BCUT2D eigenvalue weighted by atomic mass is 10.2. The zero-order chi connectivity index (χ0) is 21.9. The highest BCUT2D eigenvalue weighted by atomic mass is 35.5. The predicted molar refractivity (Wildman–Crippen MR) is 115 cm³/mol. The van der Waals surface area contributed by atoms with Crippen LogP contribution in [0.3, 0.4) is 0 Å². The summed E-state index contributed by atoms with van der Waals surface area (Å²) in [5.41, 5.74) is 0.820. The predicted octanol–water partition coefficient (Wildman–Crippen LogP) is 3.10. The molecule has 2 aromatic rings. The number of hydrogen-bond donors (Lipinski definition) is 0. The third-order valence-electron chi connectivity index (χ3n) is 4.92. The molecule has 1 fully saturated rings. The number of benzene rings is 2. The second-order valence-electron chi connectivity index (χ2n) is 7.10. The van der Waals surface area contributed by atoms with Gasteiger partial charge in [0.2, 0.25) is 15.9 Å². The standard InChI is InChI=1S/C20H22Cl2FN3O3S/c1-24(13-15-5-4-6-16(21)20(15)22)14-19(27)25-9-11-26(12-10-25)30(28,29)18-8-3-2-7-17(18)23/h2-8H,9-14H2,1H3. The van der Waals surface area contributed by atoms with Gasteiger partial charge in [0.25, 0.3) is 0 Å². The van der Waals surface area contributed by atoms with Crippen LogP contribution in [-0.2, 0) is 21.4 Å². The molecule has 1 saturated heterocycles. The molecule has 0 atom stereocenters. The summed E-state index contributed by atoms with van der Waals surface area (Å²) in [5, 5.41) is 0.923. The maximum atomic E-state index is 13.9. The molecule has 0 unspecified atom stereocenters. The van der Waals surface area contributed by atoms with Crippen LogP contribution < -0.4 is 0 Å². The van der Waals surface area contributed by atoms with E-state index in [1.807, 2.05) is 11.0 Å². The third kappa shape index (κ3) is 5.12. The molecule has 1 heterocycles. The molecule has 0 bridgehead atoms. The van der Waals surface area contributed by atoms with Crippen molar-refractivity contribution in [3.05, 3.63) is 63.9 Å². The van der Waals surface area contributed by atoms with Gasteiger partial charge >= 0.3 is 0 Å². The molecular weight excluding hydrogens is 452 g/mol. The fourth-order valence-corrected chi connectivity index (χ4v) is 5.19. The zero-order valence-corrected chi connectivity index (χ0v) is 18.7. The van der Waals surface area contributed by atoms with Crippen LogP contribution in [0, 0.1) is 5.82 Å². The number of sulfonamides is 1. The second-order valence-corrected chi connectivity index (χ2v) is 9.79. The lowest BCUT2D eigenvalue weighted by molar-refractivity contribution is -0.133. The van der Waals surface area contributed by atoms with Gasteiger partial charge in [0.1, 0.15) is 10.7 Å². The fraction of sp³-hybridized carbons (Fsp3) is 0.350. The summed E-state index contributed by atoms with van der Waals surface area (Å²) < 4.78 is 40.5. The van der Waals surface area contributed by atoms with Gasteiger partial charge in [-0.1, -0.05) is 47.5 Å². The first kappa shape index (κ1) is 23.0. The van der Waals surface area contributed by atoms with E-state index >= 15 is 0 Å². The summed E-state index contributed by atoms with van der Waals surface area (Å²) in [4.78, 5) is 15.7. The van der Waals surface area contributed by atoms with Crippen molar-refractivity contribution in [3.8, 4) is 0 Å². The Hall–Kier alpha value is -1.71. The minimum Gasteiger partial charge on any atom is -0.339 e. The summed E-state index contributed by atoms with van der Waals surface area (Å²) in [6, 6.07) is 10.6. The van der Waals surface area contributed by atoms with Gasteiger partial charge in [-0.05, 0) is 30.8 Å². The molecule has 10 heteroatoms. The van der Waals surface area contributed by atoms with Crippen molar-refractivity contribution in [2.24, 2.45) is 0 Å². The van der Waals surface area contributed by atoms with Crippen LogP contribution >= 0.6 is 23.2 Å². The molecule has 1 aliphatic rings. The van der Waals surface area contributed by atoms with Crippen LogP contribution in [0.4, 0.5) is 4.39 Å². The highest BCUT2D eigenvalue weighted by molar-refractivity contribution is 7.89. The number of rotatable bonds is 6.